The first-order chi connectivity index (χ1) is 16.0. The fourth-order valence-electron chi connectivity index (χ4n) is 5.67. The van der Waals surface area contributed by atoms with E-state index in [-0.39, 0.29) is 23.8 Å². The maximum atomic E-state index is 13.3. The van der Waals surface area contributed by atoms with E-state index in [1.807, 2.05) is 16.7 Å². The zero-order valence-corrected chi connectivity index (χ0v) is 19.8. The van der Waals surface area contributed by atoms with Gasteiger partial charge >= 0.3 is 0 Å². The number of aromatic nitrogens is 2. The van der Waals surface area contributed by atoms with E-state index < -0.39 is 0 Å². The Hall–Kier alpha value is -2.76. The molecule has 1 atom stereocenters. The van der Waals surface area contributed by atoms with Gasteiger partial charge in [-0.1, -0.05) is 49.1 Å². The molecule has 0 spiro atoms. The molecule has 6 heteroatoms. The van der Waals surface area contributed by atoms with Crippen LogP contribution >= 0.6 is 0 Å². The summed E-state index contributed by atoms with van der Waals surface area (Å²) in [6.07, 6.45) is 8.59. The third-order valence-electron chi connectivity index (χ3n) is 7.60. The van der Waals surface area contributed by atoms with Crippen LogP contribution in [0.5, 0.6) is 0 Å². The van der Waals surface area contributed by atoms with Crippen LogP contribution in [0.25, 0.3) is 0 Å². The number of aryl methyl sites for hydroxylation is 2. The lowest BCUT2D eigenvalue weighted by atomic mass is 9.88. The second-order valence-corrected chi connectivity index (χ2v) is 9.96. The average molecular weight is 447 g/mol. The largest absolute Gasteiger partial charge is 0.332 e. The van der Waals surface area contributed by atoms with Crippen molar-refractivity contribution in [2.45, 2.75) is 84.2 Å². The highest BCUT2D eigenvalue weighted by Crippen LogP contribution is 2.37. The quantitative estimate of drug-likeness (QED) is 0.676. The van der Waals surface area contributed by atoms with Crippen molar-refractivity contribution in [3.8, 4) is 0 Å². The molecule has 2 amide bonds. The van der Waals surface area contributed by atoms with Gasteiger partial charge < -0.3 is 4.90 Å². The van der Waals surface area contributed by atoms with E-state index in [2.05, 4.69) is 31.2 Å². The molecule has 3 aliphatic rings. The van der Waals surface area contributed by atoms with Crippen LogP contribution in [0.15, 0.2) is 24.3 Å². The van der Waals surface area contributed by atoms with Gasteiger partial charge in [0.25, 0.3) is 0 Å². The van der Waals surface area contributed by atoms with Crippen LogP contribution < -0.4 is 4.90 Å². The van der Waals surface area contributed by atoms with Crippen molar-refractivity contribution in [1.29, 1.82) is 0 Å². The summed E-state index contributed by atoms with van der Waals surface area (Å²) >= 11 is 0. The summed E-state index contributed by atoms with van der Waals surface area (Å²) in [7, 11) is 0. The van der Waals surface area contributed by atoms with Crippen LogP contribution in [0, 0.1) is 19.8 Å². The molecule has 0 N–H and O–H groups in total. The van der Waals surface area contributed by atoms with Crippen LogP contribution in [0.2, 0.25) is 0 Å². The molecule has 2 aromatic rings. The molecule has 1 aromatic carbocycles. The van der Waals surface area contributed by atoms with Gasteiger partial charge in [0.1, 0.15) is 5.82 Å². The number of carbonyl (C=O) groups excluding carboxylic acids is 2. The van der Waals surface area contributed by atoms with Gasteiger partial charge in [-0.25, -0.2) is 9.97 Å². The van der Waals surface area contributed by atoms with Crippen molar-refractivity contribution in [3.63, 3.8) is 0 Å². The minimum Gasteiger partial charge on any atom is -0.332 e. The molecule has 33 heavy (non-hydrogen) atoms. The van der Waals surface area contributed by atoms with Gasteiger partial charge in [0.05, 0.1) is 12.6 Å². The van der Waals surface area contributed by atoms with E-state index in [1.54, 1.807) is 0 Å². The number of amides is 2. The van der Waals surface area contributed by atoms with Gasteiger partial charge in [0.2, 0.25) is 11.8 Å². The van der Waals surface area contributed by atoms with Crippen molar-refractivity contribution in [2.75, 3.05) is 11.4 Å². The van der Waals surface area contributed by atoms with Crippen LogP contribution in [0.1, 0.15) is 85.6 Å². The lowest BCUT2D eigenvalue weighted by molar-refractivity contribution is -0.137. The third kappa shape index (κ3) is 4.40. The number of carbonyl (C=O) groups is 2. The van der Waals surface area contributed by atoms with E-state index in [0.29, 0.717) is 25.2 Å². The molecule has 3 heterocycles. The van der Waals surface area contributed by atoms with Gasteiger partial charge in [-0.2, -0.15) is 0 Å². The van der Waals surface area contributed by atoms with Crippen LogP contribution in [-0.4, -0.2) is 33.2 Å². The van der Waals surface area contributed by atoms with Crippen molar-refractivity contribution < 1.29 is 9.59 Å². The number of hydrogen-bond acceptors (Lipinski definition) is 4. The monoisotopic (exact) mass is 446 g/mol. The fourth-order valence-corrected chi connectivity index (χ4v) is 5.67. The second-order valence-electron chi connectivity index (χ2n) is 9.96. The Balaban J connectivity index is 1.45. The summed E-state index contributed by atoms with van der Waals surface area (Å²) in [5.74, 6) is 1.98. The van der Waals surface area contributed by atoms with Crippen LogP contribution in [0.3, 0.4) is 0 Å². The molecule has 1 saturated carbocycles. The molecule has 5 rings (SSSR count). The first-order valence-electron chi connectivity index (χ1n) is 12.5. The lowest BCUT2D eigenvalue weighted by Gasteiger charge is -2.32. The molecule has 2 fully saturated rings. The zero-order valence-electron chi connectivity index (χ0n) is 19.8. The number of rotatable bonds is 4. The molecule has 0 unspecified atom stereocenters. The summed E-state index contributed by atoms with van der Waals surface area (Å²) in [5, 5.41) is 0. The molecular weight excluding hydrogens is 412 g/mol. The Morgan fingerprint density at radius 2 is 1.73 bits per heavy atom. The number of benzene rings is 1. The van der Waals surface area contributed by atoms with Gasteiger partial charge in [-0.05, 0) is 51.5 Å². The van der Waals surface area contributed by atoms with E-state index in [1.165, 1.54) is 12.0 Å². The Labute approximate surface area is 196 Å². The predicted octanol–water partition coefficient (Wildman–Crippen LogP) is 4.82. The Kier molecular flexibility index (Phi) is 6.17. The Morgan fingerprint density at radius 1 is 0.970 bits per heavy atom. The van der Waals surface area contributed by atoms with Crippen LogP contribution in [-0.2, 0) is 22.6 Å². The predicted molar refractivity (Wildman–Crippen MR) is 128 cm³/mol. The Morgan fingerprint density at radius 3 is 2.48 bits per heavy atom. The molecule has 1 aromatic heterocycles. The summed E-state index contributed by atoms with van der Waals surface area (Å²) in [6, 6.07) is 8.23. The number of hydrogen-bond donors (Lipinski definition) is 0. The van der Waals surface area contributed by atoms with E-state index in [9.17, 15) is 9.59 Å². The lowest BCUT2D eigenvalue weighted by Crippen LogP contribution is -2.39. The fraction of sp³-hybridized carbons (Fsp3) is 0.556. The standard InChI is InChI=1S/C27H34N4O2/c1-18-10-12-20(13-11-18)17-31-24(32)15-14-22-19(2)28-25(29-26(22)31)23-9-6-16-30(23)27(33)21-7-4-3-5-8-21/h10-13,21,23H,3-9,14-17H2,1-2H3/t23-/m0/s1. The summed E-state index contributed by atoms with van der Waals surface area (Å²) < 4.78 is 0. The van der Waals surface area contributed by atoms with Crippen molar-refractivity contribution in [2.24, 2.45) is 5.92 Å². The molecule has 0 bridgehead atoms. The minimum absolute atomic E-state index is 0.0818. The summed E-state index contributed by atoms with van der Waals surface area (Å²) in [4.78, 5) is 40.0. The zero-order chi connectivity index (χ0) is 22.9. The maximum absolute atomic E-state index is 13.3. The molecule has 2 aliphatic heterocycles. The highest BCUT2D eigenvalue weighted by atomic mass is 16.2. The van der Waals surface area contributed by atoms with Gasteiger partial charge in [0, 0.05) is 30.1 Å². The summed E-state index contributed by atoms with van der Waals surface area (Å²) in [6.45, 7) is 5.38. The number of anilines is 1. The van der Waals surface area contributed by atoms with Gasteiger partial charge in [-0.15, -0.1) is 0 Å². The molecular formula is C27H34N4O2. The Bertz CT molecular complexity index is 1040. The maximum Gasteiger partial charge on any atom is 0.228 e. The molecule has 1 saturated heterocycles. The van der Waals surface area contributed by atoms with Crippen molar-refractivity contribution in [3.05, 3.63) is 52.5 Å². The average Bonchev–Trinajstić information content (AvgIpc) is 3.32. The van der Waals surface area contributed by atoms with E-state index in [4.69, 9.17) is 9.97 Å². The van der Waals surface area contributed by atoms with Crippen molar-refractivity contribution in [1.82, 2.24) is 14.9 Å². The summed E-state index contributed by atoms with van der Waals surface area (Å²) in [5.41, 5.74) is 4.30. The molecule has 174 valence electrons. The number of nitrogens with zero attached hydrogens (tertiary/aromatic N) is 4. The van der Waals surface area contributed by atoms with E-state index in [0.717, 1.165) is 67.7 Å². The van der Waals surface area contributed by atoms with Gasteiger partial charge in [0.15, 0.2) is 5.82 Å². The molecule has 0 radical (unpaired) electrons. The molecule has 6 nitrogen and oxygen atoms in total. The third-order valence-corrected chi connectivity index (χ3v) is 7.60. The van der Waals surface area contributed by atoms with E-state index >= 15 is 0 Å². The second kappa shape index (κ2) is 9.24. The van der Waals surface area contributed by atoms with Crippen molar-refractivity contribution >= 4 is 17.6 Å². The molecule has 1 aliphatic carbocycles. The minimum atomic E-state index is -0.0818. The normalized spacial score (nSPS) is 21.4. The topological polar surface area (TPSA) is 66.4 Å². The highest BCUT2D eigenvalue weighted by molar-refractivity contribution is 5.95. The first kappa shape index (κ1) is 22.1. The number of fused-ring (bicyclic) bond motifs is 1. The SMILES string of the molecule is Cc1ccc(CN2C(=O)CCc3c(C)nc([C@@H]4CCCN4C(=O)C4CCCCC4)nc32)cc1. The smallest absolute Gasteiger partial charge is 0.228 e. The van der Waals surface area contributed by atoms with Gasteiger partial charge in [-0.3, -0.25) is 14.5 Å². The first-order valence-corrected chi connectivity index (χ1v) is 12.5. The van der Waals surface area contributed by atoms with Crippen LogP contribution in [0.4, 0.5) is 5.82 Å². The highest BCUT2D eigenvalue weighted by Gasteiger charge is 2.37. The number of likely N-dealkylation sites (tertiary alicyclic amines) is 1.